The third-order valence-corrected chi connectivity index (χ3v) is 3.34. The largest absolute Gasteiger partial charge is 0.365 e. The van der Waals surface area contributed by atoms with Gasteiger partial charge in [-0.25, -0.2) is 4.39 Å². The summed E-state index contributed by atoms with van der Waals surface area (Å²) in [6.07, 6.45) is 3.50. The highest BCUT2D eigenvalue weighted by Gasteiger charge is 2.12. The van der Waals surface area contributed by atoms with E-state index < -0.39 is 0 Å². The molecule has 4 heteroatoms. The summed E-state index contributed by atoms with van der Waals surface area (Å²) in [5.74, 6) is -0.226. The summed E-state index contributed by atoms with van der Waals surface area (Å²) in [6, 6.07) is 8.94. The lowest BCUT2D eigenvalue weighted by Crippen LogP contribution is -2.23. The van der Waals surface area contributed by atoms with Crippen LogP contribution in [0.2, 0.25) is 0 Å². The fraction of sp³-hybridized carbons (Fsp3) is 0.312. The Hall–Kier alpha value is -1.94. The van der Waals surface area contributed by atoms with Crippen molar-refractivity contribution in [3.05, 3.63) is 59.7 Å². The summed E-state index contributed by atoms with van der Waals surface area (Å²) in [5.41, 5.74) is 8.30. The van der Waals surface area contributed by atoms with E-state index in [1.54, 1.807) is 18.5 Å². The van der Waals surface area contributed by atoms with Crippen molar-refractivity contribution in [2.24, 2.45) is 5.73 Å². The summed E-state index contributed by atoms with van der Waals surface area (Å²) in [5, 5.41) is 0. The van der Waals surface area contributed by atoms with Crippen LogP contribution in [-0.2, 0) is 6.54 Å². The molecule has 1 atom stereocenters. The first-order valence-corrected chi connectivity index (χ1v) is 6.80. The Bertz CT molecular complexity index is 555. The molecule has 2 rings (SSSR count). The van der Waals surface area contributed by atoms with Crippen molar-refractivity contribution in [3.63, 3.8) is 0 Å². The van der Waals surface area contributed by atoms with Crippen molar-refractivity contribution >= 4 is 5.69 Å². The molecule has 2 N–H and O–H groups in total. The number of aromatic nitrogens is 1. The van der Waals surface area contributed by atoms with Gasteiger partial charge in [-0.05, 0) is 49.2 Å². The summed E-state index contributed by atoms with van der Waals surface area (Å²) >= 11 is 0. The second kappa shape index (κ2) is 6.48. The molecule has 3 nitrogen and oxygen atoms in total. The van der Waals surface area contributed by atoms with E-state index >= 15 is 0 Å². The smallest absolute Gasteiger partial charge is 0.146 e. The number of pyridine rings is 1. The molecule has 0 bridgehead atoms. The molecular weight excluding hydrogens is 253 g/mol. The molecular formula is C16H20FN3. The van der Waals surface area contributed by atoms with Crippen LogP contribution in [0, 0.1) is 5.82 Å². The maximum absolute atomic E-state index is 14.2. The van der Waals surface area contributed by atoms with Gasteiger partial charge in [0.2, 0.25) is 0 Å². The number of nitrogens with two attached hydrogens (primary N) is 1. The zero-order valence-corrected chi connectivity index (χ0v) is 11.9. The highest BCUT2D eigenvalue weighted by Crippen LogP contribution is 2.24. The van der Waals surface area contributed by atoms with Crippen LogP contribution in [0.15, 0.2) is 42.7 Å². The highest BCUT2D eigenvalue weighted by atomic mass is 19.1. The number of halogens is 1. The second-order valence-electron chi connectivity index (χ2n) is 4.87. The minimum absolute atomic E-state index is 0.158. The van der Waals surface area contributed by atoms with Gasteiger partial charge in [0.1, 0.15) is 5.82 Å². The van der Waals surface area contributed by atoms with Crippen LogP contribution in [0.3, 0.4) is 0 Å². The van der Waals surface area contributed by atoms with Crippen LogP contribution >= 0.6 is 0 Å². The zero-order chi connectivity index (χ0) is 14.5. The molecule has 1 aromatic carbocycles. The van der Waals surface area contributed by atoms with Crippen molar-refractivity contribution < 1.29 is 4.39 Å². The van der Waals surface area contributed by atoms with E-state index in [1.165, 1.54) is 6.07 Å². The molecule has 106 valence electrons. The minimum Gasteiger partial charge on any atom is -0.365 e. The highest BCUT2D eigenvalue weighted by molar-refractivity contribution is 5.50. The fourth-order valence-corrected chi connectivity index (χ4v) is 2.14. The van der Waals surface area contributed by atoms with Crippen LogP contribution < -0.4 is 10.6 Å². The van der Waals surface area contributed by atoms with Crippen molar-refractivity contribution in [2.45, 2.75) is 26.4 Å². The normalized spacial score (nSPS) is 12.2. The van der Waals surface area contributed by atoms with E-state index in [9.17, 15) is 4.39 Å². The Labute approximate surface area is 119 Å². The van der Waals surface area contributed by atoms with Crippen LogP contribution in [0.25, 0.3) is 0 Å². The Kier molecular flexibility index (Phi) is 4.69. The van der Waals surface area contributed by atoms with E-state index in [0.717, 1.165) is 17.7 Å². The molecule has 0 aliphatic rings. The summed E-state index contributed by atoms with van der Waals surface area (Å²) in [6.45, 7) is 5.26. The maximum atomic E-state index is 14.2. The van der Waals surface area contributed by atoms with Gasteiger partial charge in [-0.3, -0.25) is 4.98 Å². The topological polar surface area (TPSA) is 42.2 Å². The van der Waals surface area contributed by atoms with Gasteiger partial charge in [0.05, 0.1) is 5.69 Å². The summed E-state index contributed by atoms with van der Waals surface area (Å²) in [4.78, 5) is 5.99. The SMILES string of the molecule is CCN(Cc1ccncc1)c1ccc([C@H](C)N)cc1F. The fourth-order valence-electron chi connectivity index (χ4n) is 2.14. The van der Waals surface area contributed by atoms with Crippen LogP contribution in [0.1, 0.15) is 31.0 Å². The molecule has 0 unspecified atom stereocenters. The Balaban J connectivity index is 2.23. The molecule has 1 heterocycles. The van der Waals surface area contributed by atoms with E-state index in [2.05, 4.69) is 4.98 Å². The van der Waals surface area contributed by atoms with Crippen LogP contribution in [0.5, 0.6) is 0 Å². The molecule has 0 amide bonds. The van der Waals surface area contributed by atoms with E-state index in [0.29, 0.717) is 12.2 Å². The molecule has 0 spiro atoms. The number of hydrogen-bond acceptors (Lipinski definition) is 3. The minimum atomic E-state index is -0.226. The number of benzene rings is 1. The first kappa shape index (κ1) is 14.5. The van der Waals surface area contributed by atoms with Gasteiger partial charge in [0, 0.05) is 31.5 Å². The van der Waals surface area contributed by atoms with Gasteiger partial charge < -0.3 is 10.6 Å². The van der Waals surface area contributed by atoms with Gasteiger partial charge in [-0.1, -0.05) is 6.07 Å². The van der Waals surface area contributed by atoms with Gasteiger partial charge in [0.15, 0.2) is 0 Å². The molecule has 20 heavy (non-hydrogen) atoms. The number of rotatable bonds is 5. The lowest BCUT2D eigenvalue weighted by molar-refractivity contribution is 0.613. The quantitative estimate of drug-likeness (QED) is 0.909. The molecule has 1 aromatic heterocycles. The van der Waals surface area contributed by atoms with E-state index in [4.69, 9.17) is 5.73 Å². The number of hydrogen-bond donors (Lipinski definition) is 1. The third-order valence-electron chi connectivity index (χ3n) is 3.34. The Morgan fingerprint density at radius 3 is 2.50 bits per heavy atom. The van der Waals surface area contributed by atoms with E-state index in [1.807, 2.05) is 36.9 Å². The summed E-state index contributed by atoms with van der Waals surface area (Å²) < 4.78 is 14.2. The average molecular weight is 273 g/mol. The monoisotopic (exact) mass is 273 g/mol. The van der Waals surface area contributed by atoms with Crippen LogP contribution in [0.4, 0.5) is 10.1 Å². The van der Waals surface area contributed by atoms with Crippen molar-refractivity contribution in [1.82, 2.24) is 4.98 Å². The first-order valence-electron chi connectivity index (χ1n) is 6.80. The second-order valence-corrected chi connectivity index (χ2v) is 4.87. The van der Waals surface area contributed by atoms with Gasteiger partial charge in [0.25, 0.3) is 0 Å². The van der Waals surface area contributed by atoms with Crippen molar-refractivity contribution in [2.75, 3.05) is 11.4 Å². The van der Waals surface area contributed by atoms with Gasteiger partial charge >= 0.3 is 0 Å². The first-order chi connectivity index (χ1) is 9.61. The molecule has 0 radical (unpaired) electrons. The van der Waals surface area contributed by atoms with Crippen LogP contribution in [-0.4, -0.2) is 11.5 Å². The maximum Gasteiger partial charge on any atom is 0.146 e. The van der Waals surface area contributed by atoms with Gasteiger partial charge in [-0.2, -0.15) is 0 Å². The molecule has 0 saturated heterocycles. The molecule has 0 saturated carbocycles. The third kappa shape index (κ3) is 3.33. The Morgan fingerprint density at radius 2 is 1.95 bits per heavy atom. The van der Waals surface area contributed by atoms with Gasteiger partial charge in [-0.15, -0.1) is 0 Å². The van der Waals surface area contributed by atoms with Crippen molar-refractivity contribution in [1.29, 1.82) is 0 Å². The number of anilines is 1. The summed E-state index contributed by atoms with van der Waals surface area (Å²) in [7, 11) is 0. The van der Waals surface area contributed by atoms with Crippen molar-refractivity contribution in [3.8, 4) is 0 Å². The number of nitrogens with zero attached hydrogens (tertiary/aromatic N) is 2. The molecule has 0 aliphatic carbocycles. The molecule has 0 fully saturated rings. The zero-order valence-electron chi connectivity index (χ0n) is 11.9. The lowest BCUT2D eigenvalue weighted by Gasteiger charge is -2.24. The lowest BCUT2D eigenvalue weighted by atomic mass is 10.1. The predicted molar refractivity (Wildman–Crippen MR) is 80.0 cm³/mol. The average Bonchev–Trinajstić information content (AvgIpc) is 2.46. The predicted octanol–water partition coefficient (Wildman–Crippen LogP) is 3.27. The molecule has 0 aliphatic heterocycles. The molecule has 2 aromatic rings. The Morgan fingerprint density at radius 1 is 1.25 bits per heavy atom. The van der Waals surface area contributed by atoms with E-state index in [-0.39, 0.29) is 11.9 Å². The standard InChI is InChI=1S/C16H20FN3/c1-3-20(11-13-6-8-19-9-7-13)16-5-4-14(12(2)18)10-15(16)17/h4-10,12H,3,11,18H2,1-2H3/t12-/m0/s1.